The van der Waals surface area contributed by atoms with E-state index in [0.29, 0.717) is 4.90 Å². The van der Waals surface area contributed by atoms with Crippen LogP contribution in [0.4, 0.5) is 22.7 Å². The summed E-state index contributed by atoms with van der Waals surface area (Å²) in [5.74, 6) is -4.90. The van der Waals surface area contributed by atoms with Gasteiger partial charge in [-0.05, 0) is 24.4 Å². The van der Waals surface area contributed by atoms with Crippen LogP contribution in [0.5, 0.6) is 0 Å². The van der Waals surface area contributed by atoms with Gasteiger partial charge < -0.3 is 11.1 Å². The molecule has 3 amide bonds. The number of nitrogens with zero attached hydrogens (tertiary/aromatic N) is 4. The molecule has 1 aliphatic rings. The first-order valence-electron chi connectivity index (χ1n) is 8.91. The fraction of sp³-hybridized carbons (Fsp3) is 0.0556. The second-order valence-electron chi connectivity index (χ2n) is 6.46. The quantitative estimate of drug-likeness (QED) is 0.178. The van der Waals surface area contributed by atoms with Crippen LogP contribution < -0.4 is 21.4 Å². The van der Waals surface area contributed by atoms with Gasteiger partial charge in [0.2, 0.25) is 5.91 Å². The molecule has 168 valence electrons. The summed E-state index contributed by atoms with van der Waals surface area (Å²) < 4.78 is 0. The monoisotopic (exact) mass is 471 g/mol. The van der Waals surface area contributed by atoms with E-state index in [9.17, 15) is 34.6 Å². The van der Waals surface area contributed by atoms with Gasteiger partial charge in [0.1, 0.15) is 5.71 Å². The van der Waals surface area contributed by atoms with E-state index in [-0.39, 0.29) is 22.2 Å². The number of hydrogen-bond donors (Lipinski definition) is 3. The molecule has 0 radical (unpaired) electrons. The number of nitro benzene ring substituents is 2. The third kappa shape index (κ3) is 4.77. The van der Waals surface area contributed by atoms with E-state index in [0.717, 1.165) is 18.2 Å². The molecule has 3 rings (SSSR count). The average Bonchev–Trinajstić information content (AvgIpc) is 3.01. The lowest BCUT2D eigenvalue weighted by molar-refractivity contribution is -0.385. The van der Waals surface area contributed by atoms with Crippen molar-refractivity contribution in [3.63, 3.8) is 0 Å². The Morgan fingerprint density at radius 2 is 1.67 bits per heavy atom. The molecule has 0 bridgehead atoms. The second kappa shape index (κ2) is 9.15. The van der Waals surface area contributed by atoms with Crippen molar-refractivity contribution >= 4 is 63.5 Å². The Morgan fingerprint density at radius 1 is 1.06 bits per heavy atom. The molecular weight excluding hydrogens is 458 g/mol. The van der Waals surface area contributed by atoms with Gasteiger partial charge in [-0.25, -0.2) is 4.90 Å². The molecule has 1 atom stereocenters. The van der Waals surface area contributed by atoms with E-state index in [1.807, 2.05) is 0 Å². The van der Waals surface area contributed by atoms with Crippen LogP contribution in [-0.4, -0.2) is 38.4 Å². The zero-order valence-electron chi connectivity index (χ0n) is 16.3. The zero-order valence-corrected chi connectivity index (χ0v) is 17.1. The number of anilines is 2. The molecule has 0 aromatic heterocycles. The standard InChI is InChI=1S/C18H13N7O7S/c19-18(33)22-21-14-13(15(26)20-9-3-1-5-11(7-9)24(29)30)16(27)23(17(14)28)10-4-2-6-12(8-10)25(31)32/h1-8,13H,(H,20,26)(H3,19,22,33)/b21-14+. The molecule has 1 aliphatic heterocycles. The van der Waals surface area contributed by atoms with Crippen LogP contribution in [0.25, 0.3) is 0 Å². The maximum absolute atomic E-state index is 13.1. The zero-order chi connectivity index (χ0) is 24.3. The van der Waals surface area contributed by atoms with Crippen LogP contribution in [-0.2, 0) is 14.4 Å². The molecule has 1 heterocycles. The van der Waals surface area contributed by atoms with Crippen molar-refractivity contribution in [2.24, 2.45) is 16.8 Å². The summed E-state index contributed by atoms with van der Waals surface area (Å²) >= 11 is 4.63. The molecule has 1 fully saturated rings. The summed E-state index contributed by atoms with van der Waals surface area (Å²) in [5.41, 5.74) is 5.98. The van der Waals surface area contributed by atoms with Crippen molar-refractivity contribution in [3.8, 4) is 0 Å². The minimum absolute atomic E-state index is 0.00935. The molecular formula is C18H13N7O7S. The third-order valence-corrected chi connectivity index (χ3v) is 4.43. The van der Waals surface area contributed by atoms with Gasteiger partial charge in [-0.1, -0.05) is 12.1 Å². The number of rotatable bonds is 6. The van der Waals surface area contributed by atoms with Gasteiger partial charge in [0.15, 0.2) is 11.0 Å². The summed E-state index contributed by atoms with van der Waals surface area (Å²) in [6.07, 6.45) is 0. The second-order valence-corrected chi connectivity index (χ2v) is 6.90. The lowest BCUT2D eigenvalue weighted by Crippen LogP contribution is -2.35. The first-order chi connectivity index (χ1) is 15.6. The fourth-order valence-corrected chi connectivity index (χ4v) is 3.00. The van der Waals surface area contributed by atoms with Gasteiger partial charge in [-0.2, -0.15) is 5.10 Å². The molecule has 1 saturated heterocycles. The number of benzene rings is 2. The molecule has 15 heteroatoms. The topological polar surface area (TPSA) is 203 Å². The molecule has 2 aromatic rings. The van der Waals surface area contributed by atoms with Crippen molar-refractivity contribution < 1.29 is 24.2 Å². The first-order valence-corrected chi connectivity index (χ1v) is 9.32. The van der Waals surface area contributed by atoms with E-state index < -0.39 is 44.9 Å². The van der Waals surface area contributed by atoms with Crippen LogP contribution in [0.1, 0.15) is 0 Å². The molecule has 0 spiro atoms. The normalized spacial score (nSPS) is 16.5. The van der Waals surface area contributed by atoms with E-state index in [1.54, 1.807) is 0 Å². The number of carbonyl (C=O) groups excluding carboxylic acids is 3. The number of thiocarbonyl (C=S) groups is 1. The summed E-state index contributed by atoms with van der Waals surface area (Å²) in [7, 11) is 0. The minimum Gasteiger partial charge on any atom is -0.375 e. The Morgan fingerprint density at radius 3 is 2.27 bits per heavy atom. The predicted molar refractivity (Wildman–Crippen MR) is 118 cm³/mol. The number of hydrazone groups is 1. The molecule has 4 N–H and O–H groups in total. The smallest absolute Gasteiger partial charge is 0.282 e. The van der Waals surface area contributed by atoms with Crippen molar-refractivity contribution in [2.45, 2.75) is 0 Å². The van der Waals surface area contributed by atoms with Gasteiger partial charge >= 0.3 is 0 Å². The number of nitro groups is 2. The number of nitrogens with one attached hydrogen (secondary N) is 2. The summed E-state index contributed by atoms with van der Waals surface area (Å²) in [6, 6.07) is 9.57. The Hall–Kier alpha value is -4.79. The van der Waals surface area contributed by atoms with Gasteiger partial charge in [-0.3, -0.25) is 40.0 Å². The number of carbonyl (C=O) groups is 3. The van der Waals surface area contributed by atoms with Crippen molar-refractivity contribution in [1.29, 1.82) is 0 Å². The van der Waals surface area contributed by atoms with Crippen LogP contribution in [0, 0.1) is 26.1 Å². The molecule has 1 unspecified atom stereocenters. The van der Waals surface area contributed by atoms with Crippen LogP contribution in [0.15, 0.2) is 53.6 Å². The highest BCUT2D eigenvalue weighted by Gasteiger charge is 2.50. The minimum atomic E-state index is -1.79. The van der Waals surface area contributed by atoms with Gasteiger partial charge in [0.25, 0.3) is 23.2 Å². The molecule has 0 saturated carbocycles. The SMILES string of the molecule is NC(=S)N/N=C1/C(=O)N(c2cccc([N+](=O)[O-])c2)C(=O)C1C(=O)Nc1cccc([N+](=O)[O-])c1. The Labute approximate surface area is 189 Å². The highest BCUT2D eigenvalue weighted by atomic mass is 32.1. The van der Waals surface area contributed by atoms with Crippen LogP contribution in [0.3, 0.4) is 0 Å². The summed E-state index contributed by atoms with van der Waals surface area (Å²) in [6.45, 7) is 0. The molecule has 14 nitrogen and oxygen atoms in total. The molecule has 33 heavy (non-hydrogen) atoms. The largest absolute Gasteiger partial charge is 0.375 e. The Kier molecular flexibility index (Phi) is 6.34. The van der Waals surface area contributed by atoms with E-state index >= 15 is 0 Å². The lowest BCUT2D eigenvalue weighted by atomic mass is 10.0. The van der Waals surface area contributed by atoms with E-state index in [1.165, 1.54) is 30.3 Å². The summed E-state index contributed by atoms with van der Waals surface area (Å²) in [4.78, 5) is 60.1. The maximum Gasteiger partial charge on any atom is 0.282 e. The number of nitrogens with two attached hydrogens (primary N) is 1. The van der Waals surface area contributed by atoms with Crippen LogP contribution >= 0.6 is 12.2 Å². The highest BCUT2D eigenvalue weighted by molar-refractivity contribution is 7.80. The van der Waals surface area contributed by atoms with Crippen LogP contribution in [0.2, 0.25) is 0 Å². The number of hydrogen-bond acceptors (Lipinski definition) is 9. The Bertz CT molecular complexity index is 1250. The van der Waals surface area contributed by atoms with Crippen molar-refractivity contribution in [2.75, 3.05) is 10.2 Å². The fourth-order valence-electron chi connectivity index (χ4n) is 2.95. The molecule has 0 aliphatic carbocycles. The van der Waals surface area contributed by atoms with Crippen molar-refractivity contribution in [1.82, 2.24) is 5.43 Å². The maximum atomic E-state index is 13.1. The number of amides is 3. The van der Waals surface area contributed by atoms with E-state index in [4.69, 9.17) is 5.73 Å². The van der Waals surface area contributed by atoms with Gasteiger partial charge in [0, 0.05) is 30.0 Å². The van der Waals surface area contributed by atoms with Gasteiger partial charge in [-0.15, -0.1) is 0 Å². The van der Waals surface area contributed by atoms with E-state index in [2.05, 4.69) is 28.1 Å². The Balaban J connectivity index is 2.00. The average molecular weight is 471 g/mol. The highest BCUT2D eigenvalue weighted by Crippen LogP contribution is 2.29. The summed E-state index contributed by atoms with van der Waals surface area (Å²) in [5, 5.41) is 27.7. The first kappa shape index (κ1) is 22.9. The molecule has 2 aromatic carbocycles. The number of imide groups is 1. The lowest BCUT2D eigenvalue weighted by Gasteiger charge is -2.14. The van der Waals surface area contributed by atoms with Crippen molar-refractivity contribution in [3.05, 3.63) is 68.8 Å². The third-order valence-electron chi connectivity index (χ3n) is 4.33. The predicted octanol–water partition coefficient (Wildman–Crippen LogP) is 0.820. The van der Waals surface area contributed by atoms with Gasteiger partial charge in [0.05, 0.1) is 15.5 Å². The number of non-ortho nitro benzene ring substituents is 2.